The Hall–Kier alpha value is -0.940. The summed E-state index contributed by atoms with van der Waals surface area (Å²) < 4.78 is 10.8. The van der Waals surface area contributed by atoms with Gasteiger partial charge in [-0.1, -0.05) is 24.3 Å². The average molecular weight is 503 g/mol. The number of hydrogen-bond donors (Lipinski definition) is 2. The predicted molar refractivity (Wildman–Crippen MR) is 123 cm³/mol. The molecule has 0 amide bonds. The van der Waals surface area contributed by atoms with Crippen LogP contribution in [0.2, 0.25) is 0 Å². The molecule has 0 atom stereocenters. The van der Waals surface area contributed by atoms with Crippen molar-refractivity contribution >= 4 is 29.9 Å². The Morgan fingerprint density at radius 3 is 2.36 bits per heavy atom. The Labute approximate surface area is 185 Å². The highest BCUT2D eigenvalue weighted by Gasteiger charge is 2.11. The fourth-order valence-electron chi connectivity index (χ4n) is 3.42. The Morgan fingerprint density at radius 2 is 1.64 bits per heavy atom. The molecule has 1 aromatic rings. The molecule has 2 fully saturated rings. The van der Waals surface area contributed by atoms with Crippen LogP contribution in [-0.2, 0) is 22.6 Å². The van der Waals surface area contributed by atoms with E-state index in [1.165, 1.54) is 11.1 Å². The van der Waals surface area contributed by atoms with E-state index in [0.717, 1.165) is 78.7 Å². The maximum absolute atomic E-state index is 6.01. The van der Waals surface area contributed by atoms with Crippen molar-refractivity contribution in [3.8, 4) is 0 Å². The first-order valence-corrected chi connectivity index (χ1v) is 10.0. The Kier molecular flexibility index (Phi) is 11.1. The van der Waals surface area contributed by atoms with E-state index in [1.807, 2.05) is 0 Å². The van der Waals surface area contributed by atoms with Crippen LogP contribution in [0.1, 0.15) is 17.5 Å². The first kappa shape index (κ1) is 23.3. The van der Waals surface area contributed by atoms with Gasteiger partial charge in [0.25, 0.3) is 0 Å². The average Bonchev–Trinajstić information content (AvgIpc) is 2.71. The zero-order chi connectivity index (χ0) is 18.7. The van der Waals surface area contributed by atoms with E-state index in [4.69, 9.17) is 15.2 Å². The van der Waals surface area contributed by atoms with Crippen LogP contribution in [0.5, 0.6) is 0 Å². The molecule has 7 nitrogen and oxygen atoms in total. The van der Waals surface area contributed by atoms with Crippen molar-refractivity contribution in [2.24, 2.45) is 10.7 Å². The highest BCUT2D eigenvalue weighted by atomic mass is 127. The van der Waals surface area contributed by atoms with Crippen molar-refractivity contribution in [3.05, 3.63) is 35.4 Å². The molecule has 28 heavy (non-hydrogen) atoms. The third-order valence-electron chi connectivity index (χ3n) is 4.99. The van der Waals surface area contributed by atoms with Gasteiger partial charge >= 0.3 is 0 Å². The monoisotopic (exact) mass is 503 g/mol. The molecule has 2 aliphatic rings. The van der Waals surface area contributed by atoms with Gasteiger partial charge in [0.1, 0.15) is 0 Å². The Bertz CT molecular complexity index is 590. The summed E-state index contributed by atoms with van der Waals surface area (Å²) in [6.07, 6.45) is 1.06. The summed E-state index contributed by atoms with van der Waals surface area (Å²) >= 11 is 0. The maximum atomic E-state index is 6.01. The number of aliphatic imine (C=N–C) groups is 1. The summed E-state index contributed by atoms with van der Waals surface area (Å²) in [6, 6.07) is 8.62. The van der Waals surface area contributed by atoms with Crippen LogP contribution in [0, 0.1) is 0 Å². The zero-order valence-electron chi connectivity index (χ0n) is 16.6. The van der Waals surface area contributed by atoms with E-state index in [1.54, 1.807) is 0 Å². The minimum absolute atomic E-state index is 0. The van der Waals surface area contributed by atoms with Crippen molar-refractivity contribution in [1.82, 2.24) is 15.1 Å². The lowest BCUT2D eigenvalue weighted by Gasteiger charge is -2.26. The molecular formula is C20H34IN5O2. The van der Waals surface area contributed by atoms with Crippen LogP contribution < -0.4 is 11.1 Å². The van der Waals surface area contributed by atoms with Gasteiger partial charge in [0.2, 0.25) is 0 Å². The lowest BCUT2D eigenvalue weighted by molar-refractivity contribution is 0.0342. The predicted octanol–water partition coefficient (Wildman–Crippen LogP) is 1.26. The number of benzene rings is 1. The van der Waals surface area contributed by atoms with E-state index >= 15 is 0 Å². The number of rotatable bonds is 8. The van der Waals surface area contributed by atoms with E-state index in [2.05, 4.69) is 44.4 Å². The molecule has 0 bridgehead atoms. The number of ether oxygens (including phenoxy) is 2. The number of halogens is 1. The second kappa shape index (κ2) is 13.3. The highest BCUT2D eigenvalue weighted by molar-refractivity contribution is 14.0. The normalized spacial score (nSPS) is 19.2. The molecule has 3 N–H and O–H groups in total. The summed E-state index contributed by atoms with van der Waals surface area (Å²) in [5, 5.41) is 3.22. The summed E-state index contributed by atoms with van der Waals surface area (Å²) in [7, 11) is 0. The van der Waals surface area contributed by atoms with Crippen LogP contribution in [0.4, 0.5) is 0 Å². The summed E-state index contributed by atoms with van der Waals surface area (Å²) in [5.74, 6) is 0.524. The van der Waals surface area contributed by atoms with Crippen molar-refractivity contribution in [1.29, 1.82) is 0 Å². The molecule has 0 radical (unpaired) electrons. The topological polar surface area (TPSA) is 75.3 Å². The first-order chi connectivity index (χ1) is 13.3. The lowest BCUT2D eigenvalue weighted by atomic mass is 10.1. The second-order valence-electron chi connectivity index (χ2n) is 7.14. The SMILES string of the molecule is I.NC(=NCc1cccc(CN2CCOCC2)c1)NCCCN1CCOCC1. The van der Waals surface area contributed by atoms with Crippen LogP contribution >= 0.6 is 24.0 Å². The Balaban J connectivity index is 0.00000280. The third kappa shape index (κ3) is 8.60. The van der Waals surface area contributed by atoms with Crippen molar-refractivity contribution in [2.45, 2.75) is 19.5 Å². The third-order valence-corrected chi connectivity index (χ3v) is 4.99. The second-order valence-corrected chi connectivity index (χ2v) is 7.14. The molecule has 0 spiro atoms. The highest BCUT2D eigenvalue weighted by Crippen LogP contribution is 2.10. The quantitative estimate of drug-likeness (QED) is 0.241. The number of guanidine groups is 1. The molecule has 158 valence electrons. The van der Waals surface area contributed by atoms with Gasteiger partial charge < -0.3 is 20.5 Å². The van der Waals surface area contributed by atoms with E-state index in [9.17, 15) is 0 Å². The molecule has 0 aliphatic carbocycles. The fourth-order valence-corrected chi connectivity index (χ4v) is 3.42. The fraction of sp³-hybridized carbons (Fsp3) is 0.650. The number of nitrogens with one attached hydrogen (secondary N) is 1. The van der Waals surface area contributed by atoms with E-state index < -0.39 is 0 Å². The Morgan fingerprint density at radius 1 is 1.00 bits per heavy atom. The molecule has 2 aliphatic heterocycles. The smallest absolute Gasteiger partial charge is 0.188 e. The summed E-state index contributed by atoms with van der Waals surface area (Å²) in [5.41, 5.74) is 8.53. The molecule has 3 rings (SSSR count). The zero-order valence-corrected chi connectivity index (χ0v) is 19.0. The molecule has 8 heteroatoms. The van der Waals surface area contributed by atoms with Crippen LogP contribution in [0.25, 0.3) is 0 Å². The molecule has 2 heterocycles. The maximum Gasteiger partial charge on any atom is 0.188 e. The summed E-state index contributed by atoms with van der Waals surface area (Å²) in [6.45, 7) is 10.9. The molecule has 2 saturated heterocycles. The molecule has 1 aromatic carbocycles. The van der Waals surface area contributed by atoms with Crippen LogP contribution in [0.3, 0.4) is 0 Å². The number of morpholine rings is 2. The van der Waals surface area contributed by atoms with Gasteiger partial charge in [-0.25, -0.2) is 4.99 Å². The standard InChI is InChI=1S/C20H33N5O2.HI/c21-20(22-5-2-6-24-7-11-26-12-8-24)23-16-18-3-1-4-19(15-18)17-25-9-13-27-14-10-25;/h1,3-4,15H,2,5-14,16-17H2,(H3,21,22,23);1H. The van der Waals surface area contributed by atoms with E-state index in [-0.39, 0.29) is 24.0 Å². The van der Waals surface area contributed by atoms with Crippen LogP contribution in [-0.4, -0.2) is 81.5 Å². The van der Waals surface area contributed by atoms with Crippen LogP contribution in [0.15, 0.2) is 29.3 Å². The molecular weight excluding hydrogens is 469 g/mol. The van der Waals surface area contributed by atoms with E-state index in [0.29, 0.717) is 12.5 Å². The molecule has 0 unspecified atom stereocenters. The minimum Gasteiger partial charge on any atom is -0.379 e. The van der Waals surface area contributed by atoms with Gasteiger partial charge in [0.15, 0.2) is 5.96 Å². The molecule has 0 saturated carbocycles. The van der Waals surface area contributed by atoms with Gasteiger partial charge in [-0.15, -0.1) is 24.0 Å². The van der Waals surface area contributed by atoms with Gasteiger partial charge in [-0.2, -0.15) is 0 Å². The first-order valence-electron chi connectivity index (χ1n) is 10.0. The van der Waals surface area contributed by atoms with Gasteiger partial charge in [-0.05, 0) is 24.1 Å². The van der Waals surface area contributed by atoms with Gasteiger partial charge in [0, 0.05) is 39.3 Å². The van der Waals surface area contributed by atoms with Gasteiger partial charge in [-0.3, -0.25) is 9.80 Å². The number of hydrogen-bond acceptors (Lipinski definition) is 5. The van der Waals surface area contributed by atoms with Crippen molar-refractivity contribution in [2.75, 3.05) is 65.7 Å². The van der Waals surface area contributed by atoms with Crippen molar-refractivity contribution < 1.29 is 9.47 Å². The van der Waals surface area contributed by atoms with Gasteiger partial charge in [0.05, 0.1) is 33.0 Å². The number of nitrogens with zero attached hydrogens (tertiary/aromatic N) is 3. The lowest BCUT2D eigenvalue weighted by Crippen LogP contribution is -2.39. The number of nitrogens with two attached hydrogens (primary N) is 1. The van der Waals surface area contributed by atoms with Crippen molar-refractivity contribution in [3.63, 3.8) is 0 Å². The molecule has 0 aromatic heterocycles. The minimum atomic E-state index is 0. The summed E-state index contributed by atoms with van der Waals surface area (Å²) in [4.78, 5) is 9.34. The largest absolute Gasteiger partial charge is 0.379 e.